The fourth-order valence-corrected chi connectivity index (χ4v) is 5.48. The van der Waals surface area contributed by atoms with Crippen molar-refractivity contribution in [2.75, 3.05) is 18.0 Å². The van der Waals surface area contributed by atoms with Gasteiger partial charge in [0.15, 0.2) is 0 Å². The van der Waals surface area contributed by atoms with Crippen molar-refractivity contribution in [2.24, 2.45) is 0 Å². The maximum absolute atomic E-state index is 13.0. The molecule has 0 radical (unpaired) electrons. The third-order valence-electron chi connectivity index (χ3n) is 5.99. The van der Waals surface area contributed by atoms with Crippen LogP contribution in [0.3, 0.4) is 0 Å². The number of fused-ring (bicyclic) bond motifs is 1. The van der Waals surface area contributed by atoms with Gasteiger partial charge in [-0.25, -0.2) is 13.1 Å². The number of nitrogens with zero attached hydrogens (tertiary/aromatic N) is 1. The summed E-state index contributed by atoms with van der Waals surface area (Å²) in [5.41, 5.74) is 4.05. The Kier molecular flexibility index (Phi) is 6.72. The Hall–Kier alpha value is -2.96. The second-order valence-corrected chi connectivity index (χ2v) is 9.89. The van der Waals surface area contributed by atoms with Gasteiger partial charge in [-0.1, -0.05) is 60.7 Å². The molecule has 5 nitrogen and oxygen atoms in total. The standard InChI is InChI=1S/C26H28N2O3S/c1-20(29)28-18-8-13-23-19-24(14-15-26(23)28)32(30,31)27-17-16-25(21-9-4-2-5-10-21)22-11-6-3-7-12-22/h2-7,9-12,14-15,19,25,27H,8,13,16-18H2,1H3. The van der Waals surface area contributed by atoms with Gasteiger partial charge < -0.3 is 4.90 Å². The summed E-state index contributed by atoms with van der Waals surface area (Å²) < 4.78 is 28.8. The maximum Gasteiger partial charge on any atom is 0.240 e. The fourth-order valence-electron chi connectivity index (χ4n) is 4.39. The van der Waals surface area contributed by atoms with Crippen LogP contribution in [0.25, 0.3) is 0 Å². The lowest BCUT2D eigenvalue weighted by Crippen LogP contribution is -2.33. The van der Waals surface area contributed by atoms with Crippen LogP contribution in [0.5, 0.6) is 0 Å². The number of carbonyl (C=O) groups is 1. The van der Waals surface area contributed by atoms with Crippen LogP contribution in [-0.2, 0) is 21.2 Å². The maximum atomic E-state index is 13.0. The number of amides is 1. The number of sulfonamides is 1. The quantitative estimate of drug-likeness (QED) is 0.579. The minimum atomic E-state index is -3.64. The second-order valence-electron chi connectivity index (χ2n) is 8.13. The Morgan fingerprint density at radius 3 is 2.19 bits per heavy atom. The van der Waals surface area contributed by atoms with E-state index in [1.807, 2.05) is 36.4 Å². The van der Waals surface area contributed by atoms with Gasteiger partial charge in [0.25, 0.3) is 0 Å². The number of anilines is 1. The average molecular weight is 449 g/mol. The molecule has 1 heterocycles. The summed E-state index contributed by atoms with van der Waals surface area (Å²) in [6, 6.07) is 25.4. The molecule has 1 aliphatic heterocycles. The van der Waals surface area contributed by atoms with Gasteiger partial charge in [-0.2, -0.15) is 0 Å². The van der Waals surface area contributed by atoms with E-state index in [2.05, 4.69) is 29.0 Å². The van der Waals surface area contributed by atoms with Crippen LogP contribution >= 0.6 is 0 Å². The molecule has 0 spiro atoms. The van der Waals surface area contributed by atoms with E-state index in [1.165, 1.54) is 6.92 Å². The predicted octanol–water partition coefficient (Wildman–Crippen LogP) is 4.49. The van der Waals surface area contributed by atoms with Crippen LogP contribution in [0.1, 0.15) is 42.4 Å². The smallest absolute Gasteiger partial charge is 0.240 e. The predicted molar refractivity (Wildman–Crippen MR) is 127 cm³/mol. The highest BCUT2D eigenvalue weighted by atomic mass is 32.2. The number of hydrogen-bond donors (Lipinski definition) is 1. The van der Waals surface area contributed by atoms with Crippen LogP contribution in [0.4, 0.5) is 5.69 Å². The first kappa shape index (κ1) is 22.2. The molecule has 166 valence electrons. The molecule has 0 saturated heterocycles. The Bertz CT molecular complexity index is 1140. The van der Waals surface area contributed by atoms with Crippen molar-refractivity contribution >= 4 is 21.6 Å². The van der Waals surface area contributed by atoms with Crippen LogP contribution in [-0.4, -0.2) is 27.4 Å². The molecule has 0 fully saturated rings. The van der Waals surface area contributed by atoms with Gasteiger partial charge in [-0.3, -0.25) is 4.79 Å². The van der Waals surface area contributed by atoms with Crippen LogP contribution < -0.4 is 9.62 Å². The monoisotopic (exact) mass is 448 g/mol. The van der Waals surface area contributed by atoms with Crippen molar-refractivity contribution in [2.45, 2.75) is 37.0 Å². The molecule has 0 aliphatic carbocycles. The Balaban J connectivity index is 1.50. The van der Waals surface area contributed by atoms with E-state index in [1.54, 1.807) is 23.1 Å². The first-order valence-electron chi connectivity index (χ1n) is 11.0. The number of aryl methyl sites for hydroxylation is 1. The van der Waals surface area contributed by atoms with Crippen LogP contribution in [0.2, 0.25) is 0 Å². The van der Waals surface area contributed by atoms with E-state index < -0.39 is 10.0 Å². The number of carbonyl (C=O) groups excluding carboxylic acids is 1. The first-order valence-corrected chi connectivity index (χ1v) is 12.4. The zero-order valence-corrected chi connectivity index (χ0v) is 19.0. The van der Waals surface area contributed by atoms with Gasteiger partial charge in [0.2, 0.25) is 15.9 Å². The van der Waals surface area contributed by atoms with Crippen molar-refractivity contribution in [3.8, 4) is 0 Å². The molecule has 0 atom stereocenters. The zero-order valence-electron chi connectivity index (χ0n) is 18.2. The lowest BCUT2D eigenvalue weighted by Gasteiger charge is -2.28. The van der Waals surface area contributed by atoms with E-state index in [-0.39, 0.29) is 16.7 Å². The molecular weight excluding hydrogens is 420 g/mol. The highest BCUT2D eigenvalue weighted by Gasteiger charge is 2.23. The summed E-state index contributed by atoms with van der Waals surface area (Å²) in [7, 11) is -3.64. The van der Waals surface area contributed by atoms with E-state index in [0.29, 0.717) is 19.5 Å². The number of rotatable bonds is 7. The Morgan fingerprint density at radius 2 is 1.59 bits per heavy atom. The average Bonchev–Trinajstić information content (AvgIpc) is 2.82. The van der Waals surface area contributed by atoms with Crippen molar-refractivity contribution in [1.82, 2.24) is 4.72 Å². The molecule has 1 N–H and O–H groups in total. The molecule has 1 aliphatic rings. The zero-order chi connectivity index (χ0) is 22.6. The molecule has 3 aromatic rings. The SMILES string of the molecule is CC(=O)N1CCCc2cc(S(=O)(=O)NCCC(c3ccccc3)c3ccccc3)ccc21. The number of benzene rings is 3. The van der Waals surface area contributed by atoms with Gasteiger partial charge in [0.1, 0.15) is 0 Å². The normalized spacial score (nSPS) is 13.8. The highest BCUT2D eigenvalue weighted by molar-refractivity contribution is 7.89. The highest BCUT2D eigenvalue weighted by Crippen LogP contribution is 2.30. The largest absolute Gasteiger partial charge is 0.312 e. The van der Waals surface area contributed by atoms with Gasteiger partial charge in [0, 0.05) is 31.6 Å². The summed E-state index contributed by atoms with van der Waals surface area (Å²) in [6.07, 6.45) is 2.25. The van der Waals surface area contributed by atoms with Gasteiger partial charge in [-0.15, -0.1) is 0 Å². The van der Waals surface area contributed by atoms with E-state index in [0.717, 1.165) is 35.2 Å². The van der Waals surface area contributed by atoms with Crippen LogP contribution in [0, 0.1) is 0 Å². The van der Waals surface area contributed by atoms with E-state index >= 15 is 0 Å². The fraction of sp³-hybridized carbons (Fsp3) is 0.269. The molecular formula is C26H28N2O3S. The van der Waals surface area contributed by atoms with E-state index in [4.69, 9.17) is 0 Å². The Labute approximate surface area is 190 Å². The van der Waals surface area contributed by atoms with Crippen molar-refractivity contribution in [3.63, 3.8) is 0 Å². The first-order chi connectivity index (χ1) is 15.5. The topological polar surface area (TPSA) is 66.5 Å². The molecule has 0 aromatic heterocycles. The number of hydrogen-bond acceptors (Lipinski definition) is 3. The van der Waals surface area contributed by atoms with Gasteiger partial charge in [-0.05, 0) is 54.2 Å². The summed E-state index contributed by atoms with van der Waals surface area (Å²) in [5.74, 6) is 0.0836. The molecule has 1 amide bonds. The summed E-state index contributed by atoms with van der Waals surface area (Å²) in [6.45, 7) is 2.54. The molecule has 0 unspecified atom stereocenters. The minimum absolute atomic E-state index is 0.0208. The summed E-state index contributed by atoms with van der Waals surface area (Å²) >= 11 is 0. The molecule has 3 aromatic carbocycles. The molecule has 0 saturated carbocycles. The van der Waals surface area contributed by atoms with Crippen molar-refractivity contribution < 1.29 is 13.2 Å². The molecule has 32 heavy (non-hydrogen) atoms. The van der Waals surface area contributed by atoms with Crippen molar-refractivity contribution in [3.05, 3.63) is 95.6 Å². The van der Waals surface area contributed by atoms with Crippen LogP contribution in [0.15, 0.2) is 83.8 Å². The van der Waals surface area contributed by atoms with Gasteiger partial charge >= 0.3 is 0 Å². The third kappa shape index (κ3) is 4.92. The second kappa shape index (κ2) is 9.67. The third-order valence-corrected chi connectivity index (χ3v) is 7.45. The molecule has 6 heteroatoms. The molecule has 0 bridgehead atoms. The van der Waals surface area contributed by atoms with E-state index in [9.17, 15) is 13.2 Å². The lowest BCUT2D eigenvalue weighted by molar-refractivity contribution is -0.116. The van der Waals surface area contributed by atoms with Gasteiger partial charge in [0.05, 0.1) is 4.90 Å². The lowest BCUT2D eigenvalue weighted by atomic mass is 9.89. The van der Waals surface area contributed by atoms with Crippen molar-refractivity contribution in [1.29, 1.82) is 0 Å². The summed E-state index contributed by atoms with van der Waals surface area (Å²) in [5, 5.41) is 0. The molecule has 4 rings (SSSR count). The Morgan fingerprint density at radius 1 is 0.969 bits per heavy atom. The minimum Gasteiger partial charge on any atom is -0.312 e. The number of nitrogens with one attached hydrogen (secondary N) is 1. The summed E-state index contributed by atoms with van der Waals surface area (Å²) in [4.78, 5) is 13.8.